The molecule has 0 aromatic carbocycles. The average molecular weight is 192 g/mol. The standard InChI is InChI=1S/C2H4N6O5/c9-7(10)3-2-1-13-5-6(2)4-8(11)12/h1,3-5H. The first kappa shape index (κ1) is 8.79. The Balaban J connectivity index is 2.52. The highest BCUT2D eigenvalue weighted by atomic mass is 16.7. The molecule has 0 spiro atoms. The summed E-state index contributed by atoms with van der Waals surface area (Å²) in [6.07, 6.45) is 0.888. The van der Waals surface area contributed by atoms with Crippen LogP contribution in [0.3, 0.4) is 0 Å². The van der Waals surface area contributed by atoms with Crippen molar-refractivity contribution in [1.29, 1.82) is 0 Å². The van der Waals surface area contributed by atoms with Crippen molar-refractivity contribution in [3.63, 3.8) is 0 Å². The predicted octanol–water partition coefficient (Wildman–Crippen LogP) is -1.99. The summed E-state index contributed by atoms with van der Waals surface area (Å²) in [6.45, 7) is 0. The third-order valence-corrected chi connectivity index (χ3v) is 0.943. The molecule has 0 saturated carbocycles. The number of nitrogens with one attached hydrogen (secondary N) is 3. The summed E-state index contributed by atoms with van der Waals surface area (Å²) < 4.78 is 0. The Labute approximate surface area is 70.1 Å². The fourth-order valence-electron chi connectivity index (χ4n) is 0.563. The van der Waals surface area contributed by atoms with Crippen molar-refractivity contribution in [3.05, 3.63) is 32.3 Å². The van der Waals surface area contributed by atoms with Crippen LogP contribution in [0.4, 0.5) is 0 Å². The molecule has 0 atom stereocenters. The summed E-state index contributed by atoms with van der Waals surface area (Å²) in [7, 11) is 0. The normalized spacial score (nSPS) is 14.5. The lowest BCUT2D eigenvalue weighted by molar-refractivity contribution is -0.589. The van der Waals surface area contributed by atoms with Gasteiger partial charge in [-0.3, -0.25) is 0 Å². The molecule has 0 fully saturated rings. The van der Waals surface area contributed by atoms with Crippen LogP contribution in [0.1, 0.15) is 0 Å². The largest absolute Gasteiger partial charge is 0.391 e. The summed E-state index contributed by atoms with van der Waals surface area (Å²) in [4.78, 5) is 24.2. The van der Waals surface area contributed by atoms with Gasteiger partial charge in [-0.1, -0.05) is 5.43 Å². The summed E-state index contributed by atoms with van der Waals surface area (Å²) in [5, 5.41) is 18.6. The highest BCUT2D eigenvalue weighted by Gasteiger charge is 2.23. The number of hydrogen-bond acceptors (Lipinski definition) is 7. The van der Waals surface area contributed by atoms with Crippen molar-refractivity contribution in [1.82, 2.24) is 21.7 Å². The Morgan fingerprint density at radius 3 is 2.69 bits per heavy atom. The van der Waals surface area contributed by atoms with Crippen LogP contribution in [0.25, 0.3) is 0 Å². The molecule has 0 bridgehead atoms. The maximum absolute atomic E-state index is 9.93. The summed E-state index contributed by atoms with van der Waals surface area (Å²) in [6, 6.07) is 0. The van der Waals surface area contributed by atoms with Gasteiger partial charge in [-0.2, -0.15) is 0 Å². The minimum atomic E-state index is -0.919. The predicted molar refractivity (Wildman–Crippen MR) is 34.4 cm³/mol. The van der Waals surface area contributed by atoms with E-state index in [-0.39, 0.29) is 5.82 Å². The van der Waals surface area contributed by atoms with Gasteiger partial charge in [0.25, 0.3) is 0 Å². The molecule has 0 aliphatic carbocycles. The highest BCUT2D eigenvalue weighted by Crippen LogP contribution is 2.00. The quantitative estimate of drug-likeness (QED) is 0.341. The summed E-state index contributed by atoms with van der Waals surface area (Å²) in [5.74, 6) is -0.248. The first-order valence-corrected chi connectivity index (χ1v) is 2.83. The molecule has 1 aliphatic rings. The van der Waals surface area contributed by atoms with E-state index in [0.717, 1.165) is 6.26 Å². The molecule has 0 amide bonds. The van der Waals surface area contributed by atoms with Crippen LogP contribution in [0.2, 0.25) is 0 Å². The van der Waals surface area contributed by atoms with Crippen LogP contribution in [-0.4, -0.2) is 15.2 Å². The van der Waals surface area contributed by atoms with Gasteiger partial charge in [0.2, 0.25) is 5.82 Å². The third kappa shape index (κ3) is 2.33. The Bertz CT molecular complexity index is 262. The molecular weight excluding hydrogens is 188 g/mol. The van der Waals surface area contributed by atoms with E-state index < -0.39 is 10.1 Å². The van der Waals surface area contributed by atoms with Crippen molar-refractivity contribution in [2.24, 2.45) is 0 Å². The van der Waals surface area contributed by atoms with E-state index in [1.54, 1.807) is 11.0 Å². The van der Waals surface area contributed by atoms with E-state index in [9.17, 15) is 20.2 Å². The van der Waals surface area contributed by atoms with E-state index in [1.165, 1.54) is 0 Å². The molecule has 11 heteroatoms. The van der Waals surface area contributed by atoms with Crippen molar-refractivity contribution in [3.8, 4) is 0 Å². The van der Waals surface area contributed by atoms with Crippen LogP contribution in [0.5, 0.6) is 0 Å². The monoisotopic (exact) mass is 192 g/mol. The summed E-state index contributed by atoms with van der Waals surface area (Å²) in [5.41, 5.74) is 5.20. The van der Waals surface area contributed by atoms with Gasteiger partial charge in [0.15, 0.2) is 16.3 Å². The Kier molecular flexibility index (Phi) is 2.30. The number of nitrogens with zero attached hydrogens (tertiary/aromatic N) is 3. The van der Waals surface area contributed by atoms with Crippen molar-refractivity contribution in [2.45, 2.75) is 0 Å². The van der Waals surface area contributed by atoms with E-state index in [0.29, 0.717) is 5.12 Å². The molecule has 13 heavy (non-hydrogen) atoms. The first-order valence-electron chi connectivity index (χ1n) is 2.83. The van der Waals surface area contributed by atoms with E-state index >= 15 is 0 Å². The second-order valence-electron chi connectivity index (χ2n) is 1.77. The maximum atomic E-state index is 9.93. The number of hydrogen-bond donors (Lipinski definition) is 3. The molecule has 0 saturated heterocycles. The minimum Gasteiger partial charge on any atom is -0.391 e. The summed E-state index contributed by atoms with van der Waals surface area (Å²) >= 11 is 0. The van der Waals surface area contributed by atoms with E-state index in [1.807, 2.05) is 5.59 Å². The lowest BCUT2D eigenvalue weighted by Crippen LogP contribution is -2.49. The zero-order chi connectivity index (χ0) is 9.84. The Morgan fingerprint density at radius 1 is 1.46 bits per heavy atom. The van der Waals surface area contributed by atoms with Gasteiger partial charge in [0.05, 0.1) is 0 Å². The van der Waals surface area contributed by atoms with Gasteiger partial charge in [-0.15, -0.1) is 5.12 Å². The molecule has 0 aromatic rings. The SMILES string of the molecule is O=[N+]([O-])NC1=CONN1N[N+](=O)[O-]. The van der Waals surface area contributed by atoms with Gasteiger partial charge in [-0.05, 0) is 11.1 Å². The van der Waals surface area contributed by atoms with Crippen LogP contribution < -0.4 is 16.5 Å². The lowest BCUT2D eigenvalue weighted by Gasteiger charge is -2.11. The van der Waals surface area contributed by atoms with Crippen LogP contribution >= 0.6 is 0 Å². The number of nitro groups is 2. The van der Waals surface area contributed by atoms with E-state index in [2.05, 4.69) is 4.84 Å². The van der Waals surface area contributed by atoms with Gasteiger partial charge in [0.1, 0.15) is 0 Å². The topological polar surface area (TPSA) is 135 Å². The van der Waals surface area contributed by atoms with Crippen LogP contribution in [0, 0.1) is 20.2 Å². The molecule has 1 aliphatic heterocycles. The molecule has 3 N–H and O–H groups in total. The van der Waals surface area contributed by atoms with E-state index in [4.69, 9.17) is 0 Å². The average Bonchev–Trinajstić information content (AvgIpc) is 2.34. The Hall–Kier alpha value is -2.30. The fourth-order valence-corrected chi connectivity index (χ4v) is 0.563. The van der Waals surface area contributed by atoms with Gasteiger partial charge < -0.3 is 4.84 Å². The highest BCUT2D eigenvalue weighted by molar-refractivity contribution is 4.90. The molecule has 0 radical (unpaired) electrons. The minimum absolute atomic E-state index is 0.248. The molecule has 0 unspecified atom stereocenters. The first-order chi connectivity index (χ1) is 6.09. The molecule has 72 valence electrons. The number of hydrazine groups is 4. The Morgan fingerprint density at radius 2 is 2.15 bits per heavy atom. The number of rotatable bonds is 4. The van der Waals surface area contributed by atoms with Crippen molar-refractivity contribution < 1.29 is 14.9 Å². The fraction of sp³-hybridized carbons (Fsp3) is 0. The van der Waals surface area contributed by atoms with Crippen LogP contribution in [0.15, 0.2) is 12.1 Å². The lowest BCUT2D eigenvalue weighted by atomic mass is 10.8. The molecule has 1 rings (SSSR count). The van der Waals surface area contributed by atoms with Crippen LogP contribution in [-0.2, 0) is 4.84 Å². The van der Waals surface area contributed by atoms with Gasteiger partial charge in [0, 0.05) is 0 Å². The van der Waals surface area contributed by atoms with Crippen molar-refractivity contribution >= 4 is 0 Å². The second-order valence-corrected chi connectivity index (χ2v) is 1.77. The smallest absolute Gasteiger partial charge is 0.247 e. The maximum Gasteiger partial charge on any atom is 0.247 e. The molecule has 11 nitrogen and oxygen atoms in total. The molecule has 0 aromatic heterocycles. The van der Waals surface area contributed by atoms with Gasteiger partial charge >= 0.3 is 0 Å². The zero-order valence-electron chi connectivity index (χ0n) is 5.96. The second kappa shape index (κ2) is 3.40. The zero-order valence-corrected chi connectivity index (χ0v) is 5.96. The van der Waals surface area contributed by atoms with Crippen molar-refractivity contribution in [2.75, 3.05) is 0 Å². The third-order valence-electron chi connectivity index (χ3n) is 0.943. The molecular formula is C2H4N6O5. The van der Waals surface area contributed by atoms with Gasteiger partial charge in [-0.25, -0.2) is 20.2 Å². The molecule has 1 heterocycles.